The Bertz CT molecular complexity index is 828. The molecule has 1 atom stereocenters. The number of rotatable bonds is 21. The van der Waals surface area contributed by atoms with Gasteiger partial charge in [0, 0.05) is 13.0 Å². The molecule has 220 valence electrons. The first-order chi connectivity index (χ1) is 18.7. The van der Waals surface area contributed by atoms with Gasteiger partial charge in [0.2, 0.25) is 5.91 Å². The Morgan fingerprint density at radius 2 is 1.44 bits per heavy atom. The van der Waals surface area contributed by atoms with Crippen molar-refractivity contribution in [2.24, 2.45) is 0 Å². The van der Waals surface area contributed by atoms with Crippen LogP contribution in [0.3, 0.4) is 0 Å². The third kappa shape index (κ3) is 19.7. The van der Waals surface area contributed by atoms with Crippen LogP contribution in [-0.2, 0) is 44.4 Å². The van der Waals surface area contributed by atoms with Gasteiger partial charge in [-0.25, -0.2) is 4.79 Å². The lowest BCUT2D eigenvalue weighted by molar-refractivity contribution is -0.143. The number of carbonyl (C=O) groups excluding carboxylic acids is 3. The highest BCUT2D eigenvalue weighted by Crippen LogP contribution is 2.08. The minimum Gasteiger partial charge on any atom is -0.461 e. The number of ether oxygens (including phenoxy) is 6. The van der Waals surface area contributed by atoms with Crippen molar-refractivity contribution in [3.8, 4) is 0 Å². The molecule has 2 amide bonds. The first-order valence-electron chi connectivity index (χ1n) is 13.1. The van der Waals surface area contributed by atoms with Crippen molar-refractivity contribution in [2.45, 2.75) is 45.3 Å². The normalized spacial score (nSPS) is 11.9. The molecule has 0 saturated heterocycles. The Balaban J connectivity index is 2.10. The topological polar surface area (TPSA) is 131 Å². The second kappa shape index (κ2) is 20.9. The molecule has 0 aliphatic carbocycles. The number of hydrogen-bond donors (Lipinski definition) is 2. The Morgan fingerprint density at radius 1 is 0.872 bits per heavy atom. The fraction of sp³-hybridized carbons (Fsp3) is 0.607. The summed E-state index contributed by atoms with van der Waals surface area (Å²) in [4.78, 5) is 36.2. The molecule has 0 aromatic heterocycles. The quantitative estimate of drug-likeness (QED) is 0.134. The number of benzene rings is 1. The van der Waals surface area contributed by atoms with Gasteiger partial charge in [-0.2, -0.15) is 0 Å². The van der Waals surface area contributed by atoms with Gasteiger partial charge in [0.15, 0.2) is 0 Å². The third-order valence-electron chi connectivity index (χ3n) is 4.76. The van der Waals surface area contributed by atoms with Gasteiger partial charge in [0.1, 0.15) is 18.2 Å². The van der Waals surface area contributed by atoms with Crippen molar-refractivity contribution < 1.29 is 42.8 Å². The lowest BCUT2D eigenvalue weighted by atomic mass is 10.1. The van der Waals surface area contributed by atoms with Gasteiger partial charge in [-0.15, -0.1) is 0 Å². The summed E-state index contributed by atoms with van der Waals surface area (Å²) in [6.45, 7) is 12.2. The molecule has 1 rings (SSSR count). The lowest BCUT2D eigenvalue weighted by Crippen LogP contribution is -2.49. The molecule has 0 unspecified atom stereocenters. The van der Waals surface area contributed by atoms with Crippen molar-refractivity contribution in [3.63, 3.8) is 0 Å². The van der Waals surface area contributed by atoms with Crippen molar-refractivity contribution in [1.29, 1.82) is 0 Å². The first kappa shape index (κ1) is 34.0. The van der Waals surface area contributed by atoms with E-state index in [0.29, 0.717) is 52.7 Å². The van der Waals surface area contributed by atoms with Crippen molar-refractivity contribution >= 4 is 18.0 Å². The number of nitrogens with one attached hydrogen (secondary N) is 2. The molecule has 2 N–H and O–H groups in total. The van der Waals surface area contributed by atoms with E-state index in [4.69, 9.17) is 28.4 Å². The molecule has 1 aromatic carbocycles. The van der Waals surface area contributed by atoms with Crippen LogP contribution in [0.1, 0.15) is 32.8 Å². The zero-order valence-corrected chi connectivity index (χ0v) is 23.4. The maximum absolute atomic E-state index is 12.7. The van der Waals surface area contributed by atoms with Gasteiger partial charge in [0.25, 0.3) is 0 Å². The van der Waals surface area contributed by atoms with Gasteiger partial charge < -0.3 is 39.1 Å². The molecule has 1 aromatic rings. The summed E-state index contributed by atoms with van der Waals surface area (Å²) in [5.74, 6) is -0.644. The number of amides is 2. The van der Waals surface area contributed by atoms with Crippen LogP contribution in [0.5, 0.6) is 0 Å². The summed E-state index contributed by atoms with van der Waals surface area (Å²) >= 11 is 0. The summed E-state index contributed by atoms with van der Waals surface area (Å²) in [7, 11) is 0. The molecule has 0 aliphatic rings. The number of carbonyl (C=O) groups is 3. The number of esters is 1. The average Bonchev–Trinajstić information content (AvgIpc) is 2.88. The van der Waals surface area contributed by atoms with Crippen LogP contribution in [0.25, 0.3) is 0 Å². The molecule has 0 spiro atoms. The molecule has 39 heavy (non-hydrogen) atoms. The smallest absolute Gasteiger partial charge is 0.408 e. The highest BCUT2D eigenvalue weighted by atomic mass is 16.6. The predicted octanol–water partition coefficient (Wildman–Crippen LogP) is 2.42. The monoisotopic (exact) mass is 552 g/mol. The maximum Gasteiger partial charge on any atom is 0.408 e. The van der Waals surface area contributed by atoms with E-state index in [1.807, 2.05) is 30.3 Å². The summed E-state index contributed by atoms with van der Waals surface area (Å²) in [5, 5.41) is 5.45. The van der Waals surface area contributed by atoms with Crippen LogP contribution < -0.4 is 10.6 Å². The zero-order valence-electron chi connectivity index (χ0n) is 23.4. The van der Waals surface area contributed by atoms with E-state index in [0.717, 1.165) is 5.56 Å². The fourth-order valence-electron chi connectivity index (χ4n) is 3.02. The molecule has 0 heterocycles. The second-order valence-corrected chi connectivity index (χ2v) is 9.35. The Kier molecular flexibility index (Phi) is 18.2. The van der Waals surface area contributed by atoms with Crippen LogP contribution in [0.2, 0.25) is 0 Å². The molecule has 0 fully saturated rings. The summed E-state index contributed by atoms with van der Waals surface area (Å²) in [6, 6.07) is 8.65. The fourth-order valence-corrected chi connectivity index (χ4v) is 3.02. The SMILES string of the molecule is C=CCOC(=O)CCOCCOCCOCCOCCNC(=O)[C@H](Cc1ccccc1)NC(=O)OC(C)(C)C. The van der Waals surface area contributed by atoms with Crippen molar-refractivity contribution in [1.82, 2.24) is 10.6 Å². The molecular formula is C28H44N2O9. The summed E-state index contributed by atoms with van der Waals surface area (Å²) in [6.07, 6.45) is 1.39. The number of alkyl carbamates (subject to hydrolysis) is 1. The molecule has 11 nitrogen and oxygen atoms in total. The van der Waals surface area contributed by atoms with Crippen LogP contribution in [0.4, 0.5) is 4.79 Å². The standard InChI is InChI=1S/C28H44N2O9/c1-5-13-38-25(31)11-14-34-16-18-36-20-21-37-19-17-35-15-12-29-26(32)24(22-23-9-7-6-8-10-23)30-27(33)39-28(2,3)4/h5-10,24H,1,11-22H2,2-4H3,(H,29,32)(H,30,33)/t24-/m0/s1. The van der Waals surface area contributed by atoms with Gasteiger partial charge in [-0.3, -0.25) is 9.59 Å². The summed E-state index contributed by atoms with van der Waals surface area (Å²) < 4.78 is 31.8. The van der Waals surface area contributed by atoms with Gasteiger partial charge in [-0.05, 0) is 26.3 Å². The lowest BCUT2D eigenvalue weighted by Gasteiger charge is -2.23. The van der Waals surface area contributed by atoms with Crippen LogP contribution in [0.15, 0.2) is 43.0 Å². The van der Waals surface area contributed by atoms with E-state index < -0.39 is 17.7 Å². The molecular weight excluding hydrogens is 508 g/mol. The van der Waals surface area contributed by atoms with E-state index in [1.54, 1.807) is 20.8 Å². The van der Waals surface area contributed by atoms with E-state index in [2.05, 4.69) is 17.2 Å². The molecule has 0 saturated carbocycles. The Labute approximate surface area is 231 Å². The minimum atomic E-state index is -0.783. The maximum atomic E-state index is 12.7. The van der Waals surface area contributed by atoms with Crippen LogP contribution in [0, 0.1) is 0 Å². The number of hydrogen-bond acceptors (Lipinski definition) is 9. The van der Waals surface area contributed by atoms with Crippen molar-refractivity contribution in [2.75, 3.05) is 66.0 Å². The third-order valence-corrected chi connectivity index (χ3v) is 4.76. The Morgan fingerprint density at radius 3 is 2.00 bits per heavy atom. The van der Waals surface area contributed by atoms with Crippen LogP contribution in [-0.4, -0.2) is 95.6 Å². The van der Waals surface area contributed by atoms with E-state index in [-0.39, 0.29) is 38.1 Å². The van der Waals surface area contributed by atoms with Gasteiger partial charge in [-0.1, -0.05) is 43.0 Å². The minimum absolute atomic E-state index is 0.192. The Hall–Kier alpha value is -2.99. The largest absolute Gasteiger partial charge is 0.461 e. The molecule has 0 aliphatic heterocycles. The van der Waals surface area contributed by atoms with E-state index in [9.17, 15) is 14.4 Å². The average molecular weight is 553 g/mol. The predicted molar refractivity (Wildman–Crippen MR) is 145 cm³/mol. The second-order valence-electron chi connectivity index (χ2n) is 9.35. The van der Waals surface area contributed by atoms with E-state index in [1.165, 1.54) is 6.08 Å². The highest BCUT2D eigenvalue weighted by molar-refractivity contribution is 5.86. The molecule has 0 bridgehead atoms. The molecule has 0 radical (unpaired) electrons. The van der Waals surface area contributed by atoms with Crippen molar-refractivity contribution in [3.05, 3.63) is 48.6 Å². The van der Waals surface area contributed by atoms with Gasteiger partial charge in [0.05, 0.1) is 59.3 Å². The van der Waals surface area contributed by atoms with Gasteiger partial charge >= 0.3 is 12.1 Å². The highest BCUT2D eigenvalue weighted by Gasteiger charge is 2.24. The van der Waals surface area contributed by atoms with Crippen LogP contribution >= 0.6 is 0 Å². The zero-order chi connectivity index (χ0) is 28.8. The van der Waals surface area contributed by atoms with E-state index >= 15 is 0 Å². The summed E-state index contributed by atoms with van der Waals surface area (Å²) in [5.41, 5.74) is 0.248. The molecule has 11 heteroatoms. The first-order valence-corrected chi connectivity index (χ1v) is 13.1.